The molecule has 1 heterocycles. The average Bonchev–Trinajstić information content (AvgIpc) is 2.73. The highest BCUT2D eigenvalue weighted by Gasteiger charge is 2.36. The fourth-order valence-electron chi connectivity index (χ4n) is 2.04. The van der Waals surface area contributed by atoms with Crippen molar-refractivity contribution in [1.82, 2.24) is 9.96 Å². The second-order valence-electron chi connectivity index (χ2n) is 4.30. The molecule has 0 spiro atoms. The van der Waals surface area contributed by atoms with Gasteiger partial charge in [-0.3, -0.25) is 14.4 Å². The molecule has 1 aliphatic rings. The standard InChI is InChI=1S/C13H24N3O3/c1-5-14(6-2)13(15(7-3)8-4)19-16-11(17)9-10-12(16)18/h5-10H2,1-4H3/q+1. The van der Waals surface area contributed by atoms with Gasteiger partial charge in [0.1, 0.15) is 0 Å². The van der Waals surface area contributed by atoms with E-state index in [2.05, 4.69) is 0 Å². The van der Waals surface area contributed by atoms with Gasteiger partial charge >= 0.3 is 6.02 Å². The Kier molecular flexibility index (Phi) is 5.79. The lowest BCUT2D eigenvalue weighted by Crippen LogP contribution is -2.45. The molecular weight excluding hydrogens is 246 g/mol. The van der Waals surface area contributed by atoms with Crippen LogP contribution in [0.15, 0.2) is 0 Å². The summed E-state index contributed by atoms with van der Waals surface area (Å²) in [5, 5.41) is 0.909. The monoisotopic (exact) mass is 270 g/mol. The summed E-state index contributed by atoms with van der Waals surface area (Å²) < 4.78 is 2.01. The lowest BCUT2D eigenvalue weighted by atomic mass is 10.4. The molecule has 2 amide bonds. The van der Waals surface area contributed by atoms with Crippen LogP contribution >= 0.6 is 0 Å². The van der Waals surface area contributed by atoms with Crippen molar-refractivity contribution in [3.8, 4) is 0 Å². The number of imide groups is 1. The Hall–Kier alpha value is -1.59. The second kappa shape index (κ2) is 7.11. The van der Waals surface area contributed by atoms with Crippen LogP contribution in [-0.4, -0.2) is 58.6 Å². The lowest BCUT2D eigenvalue weighted by molar-refractivity contribution is -0.538. The molecule has 6 nitrogen and oxygen atoms in total. The number of amidine groups is 1. The summed E-state index contributed by atoms with van der Waals surface area (Å²) in [6, 6.07) is 0.582. The zero-order valence-electron chi connectivity index (χ0n) is 12.3. The summed E-state index contributed by atoms with van der Waals surface area (Å²) in [6.45, 7) is 11.1. The van der Waals surface area contributed by atoms with E-state index in [1.165, 1.54) is 0 Å². The smallest absolute Gasteiger partial charge is 0.292 e. The first-order valence-corrected chi connectivity index (χ1v) is 6.99. The van der Waals surface area contributed by atoms with Crippen LogP contribution in [0.1, 0.15) is 40.5 Å². The summed E-state index contributed by atoms with van der Waals surface area (Å²) in [5.41, 5.74) is 0. The van der Waals surface area contributed by atoms with Crippen LogP contribution in [-0.2, 0) is 14.4 Å². The van der Waals surface area contributed by atoms with E-state index < -0.39 is 0 Å². The van der Waals surface area contributed by atoms with Crippen molar-refractivity contribution >= 4 is 17.8 Å². The Morgan fingerprint density at radius 1 is 1.11 bits per heavy atom. The lowest BCUT2D eigenvalue weighted by Gasteiger charge is -2.21. The van der Waals surface area contributed by atoms with Crippen LogP contribution in [0.25, 0.3) is 0 Å². The van der Waals surface area contributed by atoms with Gasteiger partial charge in [-0.15, -0.1) is 0 Å². The number of hydroxylamine groups is 2. The largest absolute Gasteiger partial charge is 0.471 e. The quantitative estimate of drug-likeness (QED) is 0.321. The third kappa shape index (κ3) is 3.45. The zero-order chi connectivity index (χ0) is 14.4. The van der Waals surface area contributed by atoms with E-state index in [4.69, 9.17) is 4.84 Å². The Balaban J connectivity index is 3.01. The molecule has 0 aromatic heterocycles. The SMILES string of the molecule is CCN(CC)C(ON1C(=O)CCC1=O)=[N+](CC)CC. The minimum atomic E-state index is -0.262. The van der Waals surface area contributed by atoms with Gasteiger partial charge in [-0.05, 0) is 27.7 Å². The zero-order valence-corrected chi connectivity index (χ0v) is 12.3. The minimum Gasteiger partial charge on any atom is -0.292 e. The van der Waals surface area contributed by atoms with Crippen LogP contribution in [0.3, 0.4) is 0 Å². The van der Waals surface area contributed by atoms with Crippen LogP contribution < -0.4 is 0 Å². The molecule has 108 valence electrons. The summed E-state index contributed by atoms with van der Waals surface area (Å²) in [5.74, 6) is -0.524. The van der Waals surface area contributed by atoms with Crippen LogP contribution in [0.2, 0.25) is 0 Å². The van der Waals surface area contributed by atoms with Crippen molar-refractivity contribution in [3.05, 3.63) is 0 Å². The van der Waals surface area contributed by atoms with E-state index in [-0.39, 0.29) is 24.7 Å². The first kappa shape index (κ1) is 15.5. The fraction of sp³-hybridized carbons (Fsp3) is 0.769. The van der Waals surface area contributed by atoms with E-state index in [0.717, 1.165) is 31.2 Å². The van der Waals surface area contributed by atoms with Gasteiger partial charge < -0.3 is 0 Å². The second-order valence-corrected chi connectivity index (χ2v) is 4.30. The molecule has 0 saturated carbocycles. The van der Waals surface area contributed by atoms with E-state index in [0.29, 0.717) is 6.02 Å². The summed E-state index contributed by atoms with van der Waals surface area (Å²) in [6.07, 6.45) is 0.477. The number of carbonyl (C=O) groups is 2. The molecule has 1 aliphatic heterocycles. The topological polar surface area (TPSA) is 52.9 Å². The number of nitrogens with zero attached hydrogens (tertiary/aromatic N) is 3. The molecule has 0 aliphatic carbocycles. The van der Waals surface area contributed by atoms with Gasteiger partial charge in [0.25, 0.3) is 11.8 Å². The fourth-order valence-corrected chi connectivity index (χ4v) is 2.04. The van der Waals surface area contributed by atoms with Crippen LogP contribution in [0, 0.1) is 0 Å². The maximum Gasteiger partial charge on any atom is 0.471 e. The predicted octanol–water partition coefficient (Wildman–Crippen LogP) is 0.817. The van der Waals surface area contributed by atoms with E-state index in [9.17, 15) is 9.59 Å². The highest BCUT2D eigenvalue weighted by atomic mass is 16.7. The third-order valence-corrected chi connectivity index (χ3v) is 3.25. The van der Waals surface area contributed by atoms with Crippen molar-refractivity contribution in [1.29, 1.82) is 0 Å². The third-order valence-electron chi connectivity index (χ3n) is 3.25. The van der Waals surface area contributed by atoms with Gasteiger partial charge in [-0.25, -0.2) is 9.48 Å². The number of carbonyl (C=O) groups excluding carboxylic acids is 2. The van der Waals surface area contributed by atoms with Gasteiger partial charge in [0, 0.05) is 12.8 Å². The van der Waals surface area contributed by atoms with Crippen LogP contribution in [0.5, 0.6) is 0 Å². The average molecular weight is 270 g/mol. The van der Waals surface area contributed by atoms with Gasteiger partial charge in [-0.1, -0.05) is 5.06 Å². The minimum absolute atomic E-state index is 0.239. The molecule has 0 aromatic rings. The van der Waals surface area contributed by atoms with E-state index >= 15 is 0 Å². The van der Waals surface area contributed by atoms with Crippen molar-refractivity contribution in [2.75, 3.05) is 26.2 Å². The first-order valence-electron chi connectivity index (χ1n) is 6.99. The predicted molar refractivity (Wildman–Crippen MR) is 71.4 cm³/mol. The number of rotatable bonds is 5. The number of hydrogen-bond donors (Lipinski definition) is 0. The molecule has 6 heteroatoms. The Morgan fingerprint density at radius 2 is 1.58 bits per heavy atom. The molecule has 1 saturated heterocycles. The van der Waals surface area contributed by atoms with Gasteiger partial charge in [0.15, 0.2) is 0 Å². The molecule has 0 N–H and O–H groups in total. The van der Waals surface area contributed by atoms with E-state index in [1.807, 2.05) is 37.2 Å². The van der Waals surface area contributed by atoms with Crippen LogP contribution in [0.4, 0.5) is 0 Å². The Bertz CT molecular complexity index is 353. The number of hydrogen-bond acceptors (Lipinski definition) is 3. The van der Waals surface area contributed by atoms with Gasteiger partial charge in [0.05, 0.1) is 26.2 Å². The van der Waals surface area contributed by atoms with Crippen molar-refractivity contribution in [3.63, 3.8) is 0 Å². The van der Waals surface area contributed by atoms with Gasteiger partial charge in [0.2, 0.25) is 0 Å². The molecule has 1 fully saturated rings. The molecule has 0 aromatic carbocycles. The Labute approximate surface area is 114 Å². The van der Waals surface area contributed by atoms with E-state index in [1.54, 1.807) is 0 Å². The molecular formula is C13H24N3O3+. The molecule has 0 bridgehead atoms. The molecule has 0 atom stereocenters. The van der Waals surface area contributed by atoms with Gasteiger partial charge in [-0.2, -0.15) is 0 Å². The maximum absolute atomic E-state index is 11.6. The normalized spacial score (nSPS) is 14.8. The highest BCUT2D eigenvalue weighted by Crippen LogP contribution is 2.13. The molecule has 0 unspecified atom stereocenters. The Morgan fingerprint density at radius 3 is 1.95 bits per heavy atom. The van der Waals surface area contributed by atoms with Crippen molar-refractivity contribution in [2.45, 2.75) is 40.5 Å². The summed E-state index contributed by atoms with van der Waals surface area (Å²) >= 11 is 0. The summed E-state index contributed by atoms with van der Waals surface area (Å²) in [4.78, 5) is 30.9. The number of amides is 2. The van der Waals surface area contributed by atoms with Crippen molar-refractivity contribution < 1.29 is 19.0 Å². The molecule has 0 radical (unpaired) electrons. The van der Waals surface area contributed by atoms with Crippen molar-refractivity contribution in [2.24, 2.45) is 0 Å². The molecule has 19 heavy (non-hydrogen) atoms. The summed E-state index contributed by atoms with van der Waals surface area (Å²) in [7, 11) is 0. The first-order chi connectivity index (χ1) is 9.08. The molecule has 1 rings (SSSR count). The highest BCUT2D eigenvalue weighted by molar-refractivity contribution is 6.01. The maximum atomic E-state index is 11.6.